The Morgan fingerprint density at radius 1 is 1.00 bits per heavy atom. The fraction of sp³-hybridized carbons (Fsp3) is 0.214. The summed E-state index contributed by atoms with van der Waals surface area (Å²) in [5.41, 5.74) is 2.63. The number of anilines is 1. The maximum absolute atomic E-state index is 13.4. The highest BCUT2D eigenvalue weighted by Crippen LogP contribution is 2.45. The highest BCUT2D eigenvalue weighted by atomic mass is 16.6. The van der Waals surface area contributed by atoms with Gasteiger partial charge in [0.15, 0.2) is 11.5 Å². The van der Waals surface area contributed by atoms with Crippen LogP contribution in [0, 0.1) is 0 Å². The van der Waals surface area contributed by atoms with Gasteiger partial charge in [0.25, 0.3) is 11.7 Å². The van der Waals surface area contributed by atoms with Crippen LogP contribution in [0.5, 0.6) is 17.2 Å². The number of carbonyl (C=O) groups excluding carboxylic acids is 2. The van der Waals surface area contributed by atoms with E-state index in [9.17, 15) is 14.7 Å². The molecule has 3 aromatic carbocycles. The van der Waals surface area contributed by atoms with Gasteiger partial charge in [0.1, 0.15) is 24.7 Å². The van der Waals surface area contributed by atoms with Crippen LogP contribution in [0.2, 0.25) is 0 Å². The maximum atomic E-state index is 13.4. The van der Waals surface area contributed by atoms with Crippen LogP contribution in [0.4, 0.5) is 5.69 Å². The predicted molar refractivity (Wildman–Crippen MR) is 131 cm³/mol. The molecule has 1 unspecified atom stereocenters. The molecule has 2 heterocycles. The van der Waals surface area contributed by atoms with E-state index in [0.717, 1.165) is 12.0 Å². The second kappa shape index (κ2) is 9.18. The van der Waals surface area contributed by atoms with Crippen LogP contribution in [0.15, 0.2) is 72.3 Å². The van der Waals surface area contributed by atoms with Gasteiger partial charge in [-0.05, 0) is 41.8 Å². The standard InChI is InChI=1S/C28H25NO6/c1-3-17-8-10-18(11-9-17)25-24(26(30)20-6-4-5-7-21(20)33-2)27(31)28(32)29(25)19-12-13-22-23(16-19)35-15-14-34-22/h4-13,16,25,30H,3,14-15H2,1-2H3/b26-24+. The average Bonchev–Trinajstić information content (AvgIpc) is 3.18. The second-order valence-corrected chi connectivity index (χ2v) is 8.29. The number of ketones is 1. The number of ether oxygens (including phenoxy) is 3. The molecule has 5 rings (SSSR count). The number of methoxy groups -OCH3 is 1. The Kier molecular flexibility index (Phi) is 5.91. The molecular formula is C28H25NO6. The van der Waals surface area contributed by atoms with Gasteiger partial charge >= 0.3 is 0 Å². The molecule has 7 nitrogen and oxygen atoms in total. The number of hydrogen-bond donors (Lipinski definition) is 1. The Balaban J connectivity index is 1.71. The SMILES string of the molecule is CCc1ccc(C2/C(=C(\O)c3ccccc3OC)C(=O)C(=O)N2c2ccc3c(c2)OCCO3)cc1. The molecule has 2 aliphatic rings. The molecule has 1 N–H and O–H groups in total. The fourth-order valence-corrected chi connectivity index (χ4v) is 4.52. The van der Waals surface area contributed by atoms with Crippen molar-refractivity contribution in [2.45, 2.75) is 19.4 Å². The number of aliphatic hydroxyl groups excluding tert-OH is 1. The van der Waals surface area contributed by atoms with Gasteiger partial charge in [0, 0.05) is 11.8 Å². The molecule has 1 fully saturated rings. The maximum Gasteiger partial charge on any atom is 0.300 e. The van der Waals surface area contributed by atoms with E-state index in [1.54, 1.807) is 42.5 Å². The number of amides is 1. The van der Waals surface area contributed by atoms with Gasteiger partial charge in [-0.1, -0.05) is 43.3 Å². The van der Waals surface area contributed by atoms with Crippen molar-refractivity contribution in [2.75, 3.05) is 25.2 Å². The minimum absolute atomic E-state index is 0.00126. The van der Waals surface area contributed by atoms with E-state index in [-0.39, 0.29) is 11.3 Å². The van der Waals surface area contributed by atoms with E-state index in [1.807, 2.05) is 24.3 Å². The molecule has 0 aromatic heterocycles. The molecule has 2 aliphatic heterocycles. The smallest absolute Gasteiger partial charge is 0.300 e. The number of benzene rings is 3. The summed E-state index contributed by atoms with van der Waals surface area (Å²) >= 11 is 0. The lowest BCUT2D eigenvalue weighted by atomic mass is 9.94. The fourth-order valence-electron chi connectivity index (χ4n) is 4.52. The van der Waals surface area contributed by atoms with Crippen LogP contribution in [-0.4, -0.2) is 37.1 Å². The molecule has 178 valence electrons. The summed E-state index contributed by atoms with van der Waals surface area (Å²) < 4.78 is 16.7. The highest BCUT2D eigenvalue weighted by Gasteiger charge is 2.47. The van der Waals surface area contributed by atoms with Crippen LogP contribution in [0.1, 0.15) is 29.7 Å². The predicted octanol–water partition coefficient (Wildman–Crippen LogP) is 4.66. The molecule has 0 spiro atoms. The number of Topliss-reactive ketones (excluding diaryl/α,β-unsaturated/α-hetero) is 1. The van der Waals surface area contributed by atoms with Crippen LogP contribution >= 0.6 is 0 Å². The second-order valence-electron chi connectivity index (χ2n) is 8.29. The number of carbonyl (C=O) groups is 2. The van der Waals surface area contributed by atoms with Crippen molar-refractivity contribution < 1.29 is 28.9 Å². The van der Waals surface area contributed by atoms with Crippen molar-refractivity contribution in [3.8, 4) is 17.2 Å². The monoisotopic (exact) mass is 471 g/mol. The van der Waals surface area contributed by atoms with Gasteiger partial charge < -0.3 is 19.3 Å². The molecule has 3 aromatic rings. The lowest BCUT2D eigenvalue weighted by molar-refractivity contribution is -0.132. The topological polar surface area (TPSA) is 85.3 Å². The van der Waals surface area contributed by atoms with Crippen molar-refractivity contribution in [3.05, 3.63) is 89.0 Å². The number of nitrogens with zero attached hydrogens (tertiary/aromatic N) is 1. The average molecular weight is 472 g/mol. The first kappa shape index (κ1) is 22.5. The van der Waals surface area contributed by atoms with Gasteiger partial charge in [0.2, 0.25) is 0 Å². The van der Waals surface area contributed by atoms with Gasteiger partial charge in [-0.15, -0.1) is 0 Å². The van der Waals surface area contributed by atoms with Crippen molar-refractivity contribution in [1.82, 2.24) is 0 Å². The summed E-state index contributed by atoms with van der Waals surface area (Å²) in [6.07, 6.45) is 0.851. The lowest BCUT2D eigenvalue weighted by Gasteiger charge is -2.27. The molecule has 7 heteroatoms. The van der Waals surface area contributed by atoms with E-state index in [0.29, 0.717) is 47.3 Å². The first-order chi connectivity index (χ1) is 17.0. The number of rotatable bonds is 5. The Hall–Kier alpha value is -4.26. The van der Waals surface area contributed by atoms with Gasteiger partial charge in [-0.3, -0.25) is 14.5 Å². The van der Waals surface area contributed by atoms with Crippen LogP contribution in [0.3, 0.4) is 0 Å². The molecule has 0 saturated carbocycles. The highest BCUT2D eigenvalue weighted by molar-refractivity contribution is 6.51. The minimum Gasteiger partial charge on any atom is -0.507 e. The summed E-state index contributed by atoms with van der Waals surface area (Å²) in [4.78, 5) is 28.2. The zero-order valence-corrected chi connectivity index (χ0v) is 19.5. The zero-order valence-electron chi connectivity index (χ0n) is 19.5. The quantitative estimate of drug-likeness (QED) is 0.331. The number of aliphatic hydroxyl groups is 1. The third-order valence-corrected chi connectivity index (χ3v) is 6.31. The molecule has 0 bridgehead atoms. The summed E-state index contributed by atoms with van der Waals surface area (Å²) in [5, 5.41) is 11.4. The van der Waals surface area contributed by atoms with E-state index in [2.05, 4.69) is 6.92 Å². The van der Waals surface area contributed by atoms with E-state index < -0.39 is 17.7 Å². The number of fused-ring (bicyclic) bond motifs is 1. The Labute approximate surface area is 203 Å². The zero-order chi connectivity index (χ0) is 24.5. The van der Waals surface area contributed by atoms with Gasteiger partial charge in [-0.25, -0.2) is 0 Å². The van der Waals surface area contributed by atoms with Crippen molar-refractivity contribution in [1.29, 1.82) is 0 Å². The van der Waals surface area contributed by atoms with E-state index in [1.165, 1.54) is 12.0 Å². The molecular weight excluding hydrogens is 446 g/mol. The summed E-state index contributed by atoms with van der Waals surface area (Å²) in [6, 6.07) is 18.8. The van der Waals surface area contributed by atoms with Crippen LogP contribution < -0.4 is 19.1 Å². The van der Waals surface area contributed by atoms with Crippen LogP contribution in [-0.2, 0) is 16.0 Å². The largest absolute Gasteiger partial charge is 0.507 e. The molecule has 35 heavy (non-hydrogen) atoms. The Morgan fingerprint density at radius 3 is 2.43 bits per heavy atom. The Bertz CT molecular complexity index is 1330. The molecule has 1 amide bonds. The van der Waals surface area contributed by atoms with Crippen LogP contribution in [0.25, 0.3) is 5.76 Å². The molecule has 1 saturated heterocycles. The minimum atomic E-state index is -0.839. The van der Waals surface area contributed by atoms with Crippen molar-refractivity contribution >= 4 is 23.1 Å². The summed E-state index contributed by atoms with van der Waals surface area (Å²) in [6.45, 7) is 2.89. The number of para-hydroxylation sites is 1. The van der Waals surface area contributed by atoms with Crippen molar-refractivity contribution in [3.63, 3.8) is 0 Å². The first-order valence-corrected chi connectivity index (χ1v) is 11.5. The van der Waals surface area contributed by atoms with E-state index in [4.69, 9.17) is 14.2 Å². The lowest BCUT2D eigenvalue weighted by Crippen LogP contribution is -2.29. The number of hydrogen-bond acceptors (Lipinski definition) is 6. The molecule has 0 aliphatic carbocycles. The van der Waals surface area contributed by atoms with E-state index >= 15 is 0 Å². The Morgan fingerprint density at radius 2 is 1.71 bits per heavy atom. The van der Waals surface area contributed by atoms with Crippen molar-refractivity contribution in [2.24, 2.45) is 0 Å². The first-order valence-electron chi connectivity index (χ1n) is 11.5. The summed E-state index contributed by atoms with van der Waals surface area (Å²) in [7, 11) is 1.49. The molecule has 0 radical (unpaired) electrons. The normalized spacial score (nSPS) is 18.6. The van der Waals surface area contributed by atoms with Gasteiger partial charge in [0.05, 0.1) is 24.3 Å². The van der Waals surface area contributed by atoms with Gasteiger partial charge in [-0.2, -0.15) is 0 Å². The summed E-state index contributed by atoms with van der Waals surface area (Å²) in [5.74, 6) is -0.313. The third kappa shape index (κ3) is 3.89. The number of aryl methyl sites for hydroxylation is 1. The third-order valence-electron chi connectivity index (χ3n) is 6.31. The molecule has 1 atom stereocenters.